The maximum Gasteiger partial charge on any atom is 0.263 e. The summed E-state index contributed by atoms with van der Waals surface area (Å²) >= 11 is 1.27. The fraction of sp³-hybridized carbons (Fsp3) is 0.150. The minimum Gasteiger partial charge on any atom is -0.382 e. The van der Waals surface area contributed by atoms with Gasteiger partial charge in [-0.15, -0.1) is 0 Å². The van der Waals surface area contributed by atoms with Crippen molar-refractivity contribution in [3.63, 3.8) is 0 Å². The summed E-state index contributed by atoms with van der Waals surface area (Å²) in [4.78, 5) is 17.8. The van der Waals surface area contributed by atoms with Crippen LogP contribution in [0.15, 0.2) is 41.5 Å². The number of rotatable bonds is 3. The van der Waals surface area contributed by atoms with Crippen molar-refractivity contribution in [1.29, 1.82) is 0 Å². The number of hydrogen-bond donors (Lipinski definition) is 3. The second kappa shape index (κ2) is 7.59. The molecule has 4 rings (SSSR count). The summed E-state index contributed by atoms with van der Waals surface area (Å²) in [6.45, 7) is 0. The van der Waals surface area contributed by atoms with Crippen LogP contribution in [0.5, 0.6) is 0 Å². The summed E-state index contributed by atoms with van der Waals surface area (Å²) in [5, 5.41) is 6.35. The molecule has 1 aliphatic rings. The van der Waals surface area contributed by atoms with E-state index < -0.39 is 23.1 Å². The molecule has 0 saturated carbocycles. The summed E-state index contributed by atoms with van der Waals surface area (Å²) in [6.07, 6.45) is 2.43. The van der Waals surface area contributed by atoms with Crippen LogP contribution in [0.3, 0.4) is 0 Å². The van der Waals surface area contributed by atoms with Crippen molar-refractivity contribution in [1.82, 2.24) is 4.98 Å². The minimum absolute atomic E-state index is 0.251. The summed E-state index contributed by atoms with van der Waals surface area (Å²) in [5.74, 6) is 2.81. The fourth-order valence-electron chi connectivity index (χ4n) is 3.36. The van der Waals surface area contributed by atoms with E-state index in [9.17, 15) is 13.6 Å². The van der Waals surface area contributed by atoms with Gasteiger partial charge in [0.2, 0.25) is 0 Å². The van der Waals surface area contributed by atoms with Crippen LogP contribution in [0.2, 0.25) is 0 Å². The van der Waals surface area contributed by atoms with Crippen molar-refractivity contribution in [3.05, 3.63) is 70.4 Å². The van der Waals surface area contributed by atoms with Gasteiger partial charge < -0.3 is 11.6 Å². The molecule has 1 amide bonds. The molecule has 0 spiro atoms. The van der Waals surface area contributed by atoms with Gasteiger partial charge in [0.05, 0.1) is 10.6 Å². The van der Waals surface area contributed by atoms with E-state index in [0.717, 1.165) is 58.7 Å². The molecule has 2 aromatic carbocycles. The van der Waals surface area contributed by atoms with Crippen LogP contribution in [0.1, 0.15) is 33.6 Å². The highest BCUT2D eigenvalue weighted by atomic mass is 32.1. The Bertz CT molecular complexity index is 1120. The topological polar surface area (TPSA) is 106 Å². The van der Waals surface area contributed by atoms with Crippen molar-refractivity contribution in [2.75, 3.05) is 5.32 Å². The van der Waals surface area contributed by atoms with E-state index in [1.807, 2.05) is 18.2 Å². The Hall–Kier alpha value is -3.33. The molecule has 0 fully saturated rings. The number of aromatic nitrogens is 1. The molecule has 0 saturated heterocycles. The number of nitrogens with one attached hydrogen (secondary N) is 1. The van der Waals surface area contributed by atoms with Gasteiger partial charge in [0.25, 0.3) is 5.91 Å². The average molecular weight is 413 g/mol. The van der Waals surface area contributed by atoms with Crippen LogP contribution in [-0.2, 0) is 12.8 Å². The molecule has 0 aliphatic heterocycles. The molecule has 3 aromatic rings. The lowest BCUT2D eigenvalue weighted by atomic mass is 10.0. The lowest BCUT2D eigenvalue weighted by molar-refractivity contribution is 0.101. The molecule has 9 heteroatoms. The van der Waals surface area contributed by atoms with E-state index in [0.29, 0.717) is 5.13 Å². The Labute approximate surface area is 169 Å². The van der Waals surface area contributed by atoms with E-state index in [2.05, 4.69) is 15.4 Å². The molecule has 0 radical (unpaired) electrons. The highest BCUT2D eigenvalue weighted by molar-refractivity contribution is 7.19. The van der Waals surface area contributed by atoms with Gasteiger partial charge in [-0.05, 0) is 48.6 Å². The van der Waals surface area contributed by atoms with E-state index >= 15 is 0 Å². The number of amides is 1. The number of hydrazone groups is 1. The lowest BCUT2D eigenvalue weighted by Gasteiger charge is -2.08. The highest BCUT2D eigenvalue weighted by Crippen LogP contribution is 2.39. The molecule has 0 atom stereocenters. The first kappa shape index (κ1) is 19.0. The number of benzene rings is 2. The number of amidine groups is 1. The first-order valence-corrected chi connectivity index (χ1v) is 9.71. The lowest BCUT2D eigenvalue weighted by Crippen LogP contribution is -2.15. The fourth-order valence-corrected chi connectivity index (χ4v) is 4.43. The number of nitrogens with two attached hydrogens (primary N) is 2. The zero-order valence-electron chi connectivity index (χ0n) is 15.2. The normalized spacial score (nSPS) is 13.4. The molecule has 5 N–H and O–H groups in total. The predicted octanol–water partition coefficient (Wildman–Crippen LogP) is 3.41. The molecule has 1 heterocycles. The van der Waals surface area contributed by atoms with Crippen LogP contribution in [0, 0.1) is 11.6 Å². The van der Waals surface area contributed by atoms with Crippen LogP contribution in [0.25, 0.3) is 10.4 Å². The molecular formula is C20H17F2N5OS. The largest absolute Gasteiger partial charge is 0.382 e. The number of nitrogens with zero attached hydrogens (tertiary/aromatic N) is 2. The molecule has 6 nitrogen and oxygen atoms in total. The van der Waals surface area contributed by atoms with E-state index in [1.54, 1.807) is 0 Å². The number of thiazole rings is 1. The summed E-state index contributed by atoms with van der Waals surface area (Å²) in [6, 6.07) is 8.99. The maximum absolute atomic E-state index is 13.9. The van der Waals surface area contributed by atoms with Crippen LogP contribution in [0.4, 0.5) is 13.9 Å². The molecular weight excluding hydrogens is 396 g/mol. The maximum atomic E-state index is 13.9. The van der Waals surface area contributed by atoms with Crippen molar-refractivity contribution in [3.8, 4) is 10.4 Å². The quantitative estimate of drug-likeness (QED) is 0.265. The average Bonchev–Trinajstić information content (AvgIpc) is 3.01. The Morgan fingerprint density at radius 3 is 2.66 bits per heavy atom. The summed E-state index contributed by atoms with van der Waals surface area (Å²) < 4.78 is 27.7. The number of fused-ring (bicyclic) bond motifs is 3. The first-order chi connectivity index (χ1) is 14.0. The Morgan fingerprint density at radius 2 is 1.93 bits per heavy atom. The molecule has 29 heavy (non-hydrogen) atoms. The first-order valence-electron chi connectivity index (χ1n) is 8.90. The second-order valence-electron chi connectivity index (χ2n) is 6.59. The second-order valence-corrected chi connectivity index (χ2v) is 7.58. The number of anilines is 1. The van der Waals surface area contributed by atoms with E-state index in [-0.39, 0.29) is 5.84 Å². The predicted molar refractivity (Wildman–Crippen MR) is 109 cm³/mol. The van der Waals surface area contributed by atoms with Gasteiger partial charge in [-0.1, -0.05) is 29.5 Å². The highest BCUT2D eigenvalue weighted by Gasteiger charge is 2.23. The molecule has 0 bridgehead atoms. The number of hydrogen-bond acceptors (Lipinski definition) is 5. The standard InChI is InChI=1S/C20H17F2N5OS/c21-13-4-2-5-14(22)16(13)19(28)26-20-25-15-6-1-3-10-9-11(18(23)27-24)7-8-12(10)17(15)29-20/h2,4-5,7-9H,1,3,6,24H2,(H2,23,27)(H,25,26,28). The number of carbonyl (C=O) groups is 1. The van der Waals surface area contributed by atoms with Crippen molar-refractivity contribution < 1.29 is 13.6 Å². The zero-order valence-corrected chi connectivity index (χ0v) is 16.0. The van der Waals surface area contributed by atoms with Crippen molar-refractivity contribution in [2.45, 2.75) is 19.3 Å². The monoisotopic (exact) mass is 413 g/mol. The third-order valence-corrected chi connectivity index (χ3v) is 5.80. The molecule has 0 unspecified atom stereocenters. The Balaban J connectivity index is 1.68. The Morgan fingerprint density at radius 1 is 1.17 bits per heavy atom. The number of carbonyl (C=O) groups excluding carboxylic acids is 1. The van der Waals surface area contributed by atoms with Gasteiger partial charge in [-0.2, -0.15) is 5.10 Å². The van der Waals surface area contributed by atoms with Gasteiger partial charge >= 0.3 is 0 Å². The summed E-state index contributed by atoms with van der Waals surface area (Å²) in [7, 11) is 0. The van der Waals surface area contributed by atoms with Gasteiger partial charge in [0.15, 0.2) is 5.13 Å². The molecule has 1 aromatic heterocycles. The van der Waals surface area contributed by atoms with Crippen LogP contribution >= 0.6 is 11.3 Å². The van der Waals surface area contributed by atoms with Gasteiger partial charge in [0.1, 0.15) is 23.0 Å². The van der Waals surface area contributed by atoms with Crippen LogP contribution < -0.4 is 16.9 Å². The smallest absolute Gasteiger partial charge is 0.263 e. The number of aryl methyl sites for hydroxylation is 2. The third-order valence-electron chi connectivity index (χ3n) is 4.75. The van der Waals surface area contributed by atoms with Gasteiger partial charge in [0, 0.05) is 5.56 Å². The Kier molecular flexibility index (Phi) is 4.98. The molecule has 1 aliphatic carbocycles. The number of halogens is 2. The SMILES string of the molecule is N/N=C(\N)c1ccc2c(c1)CCCc1nc(NC(=O)c3c(F)cccc3F)sc1-2. The van der Waals surface area contributed by atoms with E-state index in [1.165, 1.54) is 17.4 Å². The van der Waals surface area contributed by atoms with Crippen LogP contribution in [-0.4, -0.2) is 16.7 Å². The minimum atomic E-state index is -0.919. The third kappa shape index (κ3) is 3.56. The van der Waals surface area contributed by atoms with Gasteiger partial charge in [-0.3, -0.25) is 10.1 Å². The van der Waals surface area contributed by atoms with Crippen molar-refractivity contribution in [2.24, 2.45) is 16.7 Å². The van der Waals surface area contributed by atoms with E-state index in [4.69, 9.17) is 11.6 Å². The van der Waals surface area contributed by atoms with Gasteiger partial charge in [-0.25, -0.2) is 13.8 Å². The summed E-state index contributed by atoms with van der Waals surface area (Å²) in [5.41, 5.74) is 8.82. The zero-order chi connectivity index (χ0) is 20.5. The molecule has 148 valence electrons. The van der Waals surface area contributed by atoms with Crippen molar-refractivity contribution >= 4 is 28.2 Å².